The van der Waals surface area contributed by atoms with Gasteiger partial charge in [0.05, 0.1) is 12.7 Å². The zero-order chi connectivity index (χ0) is 13.4. The standard InChI is InChI=1S/C15H15NO3/c1-9-14(19-9)16-13-6-5-10-3-4-11(15(17)18-2)7-12(10)8-13/h3-9,14,16H,1-2H3. The van der Waals surface area contributed by atoms with Crippen LogP contribution in [0.2, 0.25) is 0 Å². The van der Waals surface area contributed by atoms with Crippen molar-refractivity contribution in [3.63, 3.8) is 0 Å². The number of esters is 1. The van der Waals surface area contributed by atoms with E-state index in [0.29, 0.717) is 5.56 Å². The highest BCUT2D eigenvalue weighted by atomic mass is 16.6. The fourth-order valence-electron chi connectivity index (χ4n) is 2.08. The Bertz CT molecular complexity index is 638. The summed E-state index contributed by atoms with van der Waals surface area (Å²) in [6, 6.07) is 11.6. The average molecular weight is 257 g/mol. The van der Waals surface area contributed by atoms with Gasteiger partial charge in [-0.1, -0.05) is 12.1 Å². The number of methoxy groups -OCH3 is 1. The molecule has 0 radical (unpaired) electrons. The summed E-state index contributed by atoms with van der Waals surface area (Å²) in [5.41, 5.74) is 1.55. The number of ether oxygens (including phenoxy) is 2. The molecule has 1 fully saturated rings. The molecule has 0 saturated carbocycles. The number of carbonyl (C=O) groups is 1. The van der Waals surface area contributed by atoms with Crippen molar-refractivity contribution >= 4 is 22.4 Å². The Morgan fingerprint density at radius 1 is 1.21 bits per heavy atom. The van der Waals surface area contributed by atoms with Crippen molar-refractivity contribution in [1.29, 1.82) is 0 Å². The highest BCUT2D eigenvalue weighted by Gasteiger charge is 2.33. The van der Waals surface area contributed by atoms with Crippen LogP contribution in [0.15, 0.2) is 36.4 Å². The van der Waals surface area contributed by atoms with E-state index in [1.807, 2.05) is 37.3 Å². The second-order valence-electron chi connectivity index (χ2n) is 4.67. The highest BCUT2D eigenvalue weighted by Crippen LogP contribution is 2.26. The summed E-state index contributed by atoms with van der Waals surface area (Å²) < 4.78 is 10.1. The van der Waals surface area contributed by atoms with Crippen LogP contribution in [0.4, 0.5) is 5.69 Å². The van der Waals surface area contributed by atoms with Gasteiger partial charge in [0.2, 0.25) is 0 Å². The molecule has 0 bridgehead atoms. The molecule has 0 aromatic heterocycles. The van der Waals surface area contributed by atoms with Crippen molar-refractivity contribution in [2.45, 2.75) is 19.3 Å². The number of epoxide rings is 1. The van der Waals surface area contributed by atoms with E-state index >= 15 is 0 Å². The molecule has 1 aliphatic heterocycles. The summed E-state index contributed by atoms with van der Waals surface area (Å²) in [5.74, 6) is -0.320. The number of hydrogen-bond acceptors (Lipinski definition) is 4. The van der Waals surface area contributed by atoms with Gasteiger partial charge in [-0.05, 0) is 42.0 Å². The van der Waals surface area contributed by atoms with Crippen LogP contribution < -0.4 is 5.32 Å². The molecule has 98 valence electrons. The lowest BCUT2D eigenvalue weighted by molar-refractivity contribution is 0.0601. The van der Waals surface area contributed by atoms with Crippen molar-refractivity contribution < 1.29 is 14.3 Å². The summed E-state index contributed by atoms with van der Waals surface area (Å²) in [6.45, 7) is 2.02. The number of carbonyl (C=O) groups excluding carboxylic acids is 1. The Hall–Kier alpha value is -2.07. The molecule has 4 nitrogen and oxygen atoms in total. The van der Waals surface area contributed by atoms with Gasteiger partial charge < -0.3 is 14.8 Å². The minimum Gasteiger partial charge on any atom is -0.465 e. The molecule has 19 heavy (non-hydrogen) atoms. The van der Waals surface area contributed by atoms with Crippen LogP contribution in [0.5, 0.6) is 0 Å². The quantitative estimate of drug-likeness (QED) is 0.678. The number of benzene rings is 2. The van der Waals surface area contributed by atoms with Gasteiger partial charge in [-0.2, -0.15) is 0 Å². The molecule has 1 aliphatic rings. The van der Waals surface area contributed by atoms with Crippen molar-refractivity contribution in [1.82, 2.24) is 0 Å². The predicted octanol–water partition coefficient (Wildman–Crippen LogP) is 2.78. The van der Waals surface area contributed by atoms with E-state index in [-0.39, 0.29) is 18.3 Å². The normalized spacial score (nSPS) is 21.2. The van der Waals surface area contributed by atoms with Gasteiger partial charge in [0, 0.05) is 5.69 Å². The minimum absolute atomic E-state index is 0.0984. The van der Waals surface area contributed by atoms with Crippen molar-refractivity contribution in [2.75, 3.05) is 12.4 Å². The molecule has 4 heteroatoms. The molecule has 2 aromatic rings. The van der Waals surface area contributed by atoms with Gasteiger partial charge >= 0.3 is 5.97 Å². The third-order valence-electron chi connectivity index (χ3n) is 3.28. The van der Waals surface area contributed by atoms with Crippen molar-refractivity contribution in [2.24, 2.45) is 0 Å². The largest absolute Gasteiger partial charge is 0.465 e. The Balaban J connectivity index is 1.93. The lowest BCUT2D eigenvalue weighted by atomic mass is 10.1. The van der Waals surface area contributed by atoms with Crippen LogP contribution in [0, 0.1) is 0 Å². The monoisotopic (exact) mass is 257 g/mol. The van der Waals surface area contributed by atoms with E-state index in [1.165, 1.54) is 7.11 Å². The highest BCUT2D eigenvalue weighted by molar-refractivity contribution is 5.96. The molecule has 2 atom stereocenters. The van der Waals surface area contributed by atoms with Gasteiger partial charge in [-0.3, -0.25) is 0 Å². The Morgan fingerprint density at radius 2 is 1.95 bits per heavy atom. The van der Waals surface area contributed by atoms with Crippen LogP contribution in [0.25, 0.3) is 10.8 Å². The fourth-order valence-corrected chi connectivity index (χ4v) is 2.08. The van der Waals surface area contributed by atoms with Gasteiger partial charge in [0.1, 0.15) is 6.10 Å². The molecular formula is C15H15NO3. The Morgan fingerprint density at radius 3 is 2.63 bits per heavy atom. The van der Waals surface area contributed by atoms with Crippen LogP contribution in [0.1, 0.15) is 17.3 Å². The van der Waals surface area contributed by atoms with Crippen molar-refractivity contribution in [3.8, 4) is 0 Å². The molecule has 0 spiro atoms. The zero-order valence-electron chi connectivity index (χ0n) is 10.8. The second-order valence-corrected chi connectivity index (χ2v) is 4.67. The first kappa shape index (κ1) is 12.0. The summed E-state index contributed by atoms with van der Waals surface area (Å²) in [6.07, 6.45) is 0.360. The summed E-state index contributed by atoms with van der Waals surface area (Å²) in [4.78, 5) is 11.5. The van der Waals surface area contributed by atoms with E-state index < -0.39 is 0 Å². The first-order chi connectivity index (χ1) is 9.17. The summed E-state index contributed by atoms with van der Waals surface area (Å²) >= 11 is 0. The number of fused-ring (bicyclic) bond motifs is 1. The summed E-state index contributed by atoms with van der Waals surface area (Å²) in [7, 11) is 1.39. The third kappa shape index (κ3) is 2.39. The van der Waals surface area contributed by atoms with Crippen LogP contribution in [-0.4, -0.2) is 25.4 Å². The Kier molecular flexibility index (Phi) is 2.87. The lowest BCUT2D eigenvalue weighted by Crippen LogP contribution is -2.05. The number of hydrogen-bond donors (Lipinski definition) is 1. The number of anilines is 1. The van der Waals surface area contributed by atoms with E-state index in [9.17, 15) is 4.79 Å². The average Bonchev–Trinajstić information content (AvgIpc) is 3.12. The second kappa shape index (κ2) is 4.55. The SMILES string of the molecule is COC(=O)c1ccc2ccc(NC3OC3C)cc2c1. The first-order valence-electron chi connectivity index (χ1n) is 6.21. The van der Waals surface area contributed by atoms with Crippen LogP contribution in [-0.2, 0) is 9.47 Å². The van der Waals surface area contributed by atoms with Gasteiger partial charge in [0.15, 0.2) is 6.23 Å². The maximum absolute atomic E-state index is 11.5. The number of rotatable bonds is 3. The molecule has 1 saturated heterocycles. The van der Waals surface area contributed by atoms with Crippen molar-refractivity contribution in [3.05, 3.63) is 42.0 Å². The van der Waals surface area contributed by atoms with Crippen LogP contribution >= 0.6 is 0 Å². The topological polar surface area (TPSA) is 50.9 Å². The van der Waals surface area contributed by atoms with E-state index in [2.05, 4.69) is 5.32 Å². The fraction of sp³-hybridized carbons (Fsp3) is 0.267. The first-order valence-corrected chi connectivity index (χ1v) is 6.21. The predicted molar refractivity (Wildman–Crippen MR) is 73.2 cm³/mol. The molecular weight excluding hydrogens is 242 g/mol. The maximum Gasteiger partial charge on any atom is 0.337 e. The van der Waals surface area contributed by atoms with E-state index in [0.717, 1.165) is 16.5 Å². The third-order valence-corrected chi connectivity index (χ3v) is 3.28. The minimum atomic E-state index is -0.320. The van der Waals surface area contributed by atoms with Gasteiger partial charge in [0.25, 0.3) is 0 Å². The molecule has 2 unspecified atom stereocenters. The van der Waals surface area contributed by atoms with Gasteiger partial charge in [-0.25, -0.2) is 4.79 Å². The Labute approximate surface area is 111 Å². The molecule has 3 rings (SSSR count). The lowest BCUT2D eigenvalue weighted by Gasteiger charge is -2.06. The van der Waals surface area contributed by atoms with Gasteiger partial charge in [-0.15, -0.1) is 0 Å². The molecule has 2 aromatic carbocycles. The maximum atomic E-state index is 11.5. The number of nitrogens with one attached hydrogen (secondary N) is 1. The molecule has 0 aliphatic carbocycles. The molecule has 1 heterocycles. The zero-order valence-corrected chi connectivity index (χ0v) is 10.8. The molecule has 1 N–H and O–H groups in total. The van der Waals surface area contributed by atoms with E-state index in [1.54, 1.807) is 6.07 Å². The summed E-state index contributed by atoms with van der Waals surface area (Å²) in [5, 5.41) is 5.37. The van der Waals surface area contributed by atoms with Crippen LogP contribution in [0.3, 0.4) is 0 Å². The molecule has 0 amide bonds. The smallest absolute Gasteiger partial charge is 0.337 e. The van der Waals surface area contributed by atoms with E-state index in [4.69, 9.17) is 9.47 Å².